The number of nitrogens with one attached hydrogen (secondary N) is 1. The maximum Gasteiger partial charge on any atom is 0.357 e. The number of benzene rings is 1. The number of phenols is 1. The summed E-state index contributed by atoms with van der Waals surface area (Å²) in [5.74, 6) is -2.42. The van der Waals surface area contributed by atoms with Crippen molar-refractivity contribution in [3.63, 3.8) is 0 Å². The predicted molar refractivity (Wildman–Crippen MR) is 80.4 cm³/mol. The lowest BCUT2D eigenvalue weighted by atomic mass is 10.1. The average molecular weight is 335 g/mol. The van der Waals surface area contributed by atoms with Gasteiger partial charge >= 0.3 is 23.8 Å². The fourth-order valence-electron chi connectivity index (χ4n) is 2.14. The molecule has 2 N–H and O–H groups in total. The van der Waals surface area contributed by atoms with Gasteiger partial charge in [0.05, 0.1) is 6.42 Å². The summed E-state index contributed by atoms with van der Waals surface area (Å²) >= 11 is 0. The number of imide groups is 1. The first-order valence-electron chi connectivity index (χ1n) is 7.30. The van der Waals surface area contributed by atoms with E-state index >= 15 is 0 Å². The highest BCUT2D eigenvalue weighted by Crippen LogP contribution is 2.10. The molecule has 0 spiro atoms. The Kier molecular flexibility index (Phi) is 5.35. The molecule has 4 amide bonds. The minimum absolute atomic E-state index is 0.0275. The van der Waals surface area contributed by atoms with E-state index in [1.54, 1.807) is 6.92 Å². The quantitative estimate of drug-likeness (QED) is 0.583. The Morgan fingerprint density at radius 2 is 1.83 bits per heavy atom. The van der Waals surface area contributed by atoms with Crippen molar-refractivity contribution in [2.45, 2.75) is 13.3 Å². The standard InChI is InChI=1S/C15H17N3O6/c1-2-17-7-8-18(14(22)13(17)21)15(23)16-24-12(20)9-10-3-5-11(19)6-4-10/h3-6,19H,2,7-9H2,1H3,(H,16,23). The topological polar surface area (TPSA) is 116 Å². The van der Waals surface area contributed by atoms with E-state index < -0.39 is 23.8 Å². The van der Waals surface area contributed by atoms with Gasteiger partial charge in [-0.15, -0.1) is 0 Å². The van der Waals surface area contributed by atoms with Crippen LogP contribution in [0.4, 0.5) is 4.79 Å². The Balaban J connectivity index is 1.84. The SMILES string of the molecule is CCN1CCN(C(=O)NOC(=O)Cc2ccc(O)cc2)C(=O)C1=O. The molecule has 1 aliphatic rings. The summed E-state index contributed by atoms with van der Waals surface area (Å²) in [5, 5.41) is 9.15. The minimum Gasteiger partial charge on any atom is -0.508 e. The van der Waals surface area contributed by atoms with Crippen molar-refractivity contribution in [2.75, 3.05) is 19.6 Å². The molecule has 0 aromatic heterocycles. The number of piperazine rings is 1. The predicted octanol–water partition coefficient (Wildman–Crippen LogP) is -0.207. The molecule has 0 unspecified atom stereocenters. The number of amides is 4. The van der Waals surface area contributed by atoms with Crippen LogP contribution in [0.1, 0.15) is 12.5 Å². The number of hydrogen-bond acceptors (Lipinski definition) is 6. The normalized spacial score (nSPS) is 14.5. The first-order valence-corrected chi connectivity index (χ1v) is 7.30. The van der Waals surface area contributed by atoms with Gasteiger partial charge < -0.3 is 14.8 Å². The number of carbonyl (C=O) groups is 4. The first-order chi connectivity index (χ1) is 11.4. The lowest BCUT2D eigenvalue weighted by Crippen LogP contribution is -2.58. The van der Waals surface area contributed by atoms with Crippen LogP contribution < -0.4 is 5.48 Å². The molecule has 128 valence electrons. The number of phenolic OH excluding ortho intramolecular Hbond substituents is 1. The van der Waals surface area contributed by atoms with Gasteiger partial charge in [-0.1, -0.05) is 12.1 Å². The van der Waals surface area contributed by atoms with Gasteiger partial charge in [-0.3, -0.25) is 14.5 Å². The highest BCUT2D eigenvalue weighted by molar-refractivity contribution is 6.38. The number of carbonyl (C=O) groups excluding carboxylic acids is 4. The summed E-state index contributed by atoms with van der Waals surface area (Å²) in [6.45, 7) is 2.36. The number of aromatic hydroxyl groups is 1. The van der Waals surface area contributed by atoms with Crippen molar-refractivity contribution in [3.8, 4) is 5.75 Å². The van der Waals surface area contributed by atoms with Crippen molar-refractivity contribution in [1.29, 1.82) is 0 Å². The van der Waals surface area contributed by atoms with E-state index in [1.165, 1.54) is 29.2 Å². The van der Waals surface area contributed by atoms with Crippen LogP contribution in [0.25, 0.3) is 0 Å². The van der Waals surface area contributed by atoms with Crippen molar-refractivity contribution >= 4 is 23.8 Å². The molecule has 1 heterocycles. The first kappa shape index (κ1) is 17.3. The number of likely N-dealkylation sites (N-methyl/N-ethyl adjacent to an activating group) is 1. The number of urea groups is 1. The fourth-order valence-corrected chi connectivity index (χ4v) is 2.14. The smallest absolute Gasteiger partial charge is 0.357 e. The van der Waals surface area contributed by atoms with Gasteiger partial charge in [-0.2, -0.15) is 5.48 Å². The van der Waals surface area contributed by atoms with Crippen molar-refractivity contribution in [1.82, 2.24) is 15.3 Å². The maximum absolute atomic E-state index is 11.9. The molecule has 1 fully saturated rings. The Bertz CT molecular complexity index is 658. The lowest BCUT2D eigenvalue weighted by Gasteiger charge is -2.31. The van der Waals surface area contributed by atoms with Crippen LogP contribution in [0, 0.1) is 0 Å². The Labute approximate surface area is 137 Å². The fraction of sp³-hybridized carbons (Fsp3) is 0.333. The summed E-state index contributed by atoms with van der Waals surface area (Å²) in [7, 11) is 0. The molecule has 0 saturated carbocycles. The molecular weight excluding hydrogens is 318 g/mol. The Morgan fingerprint density at radius 3 is 2.46 bits per heavy atom. The third-order valence-electron chi connectivity index (χ3n) is 3.47. The van der Waals surface area contributed by atoms with Crippen molar-refractivity contribution < 1.29 is 29.1 Å². The number of hydrogen-bond donors (Lipinski definition) is 2. The van der Waals surface area contributed by atoms with Crippen molar-refractivity contribution in [3.05, 3.63) is 29.8 Å². The number of rotatable bonds is 3. The average Bonchev–Trinajstić information content (AvgIpc) is 2.57. The van der Waals surface area contributed by atoms with Gasteiger partial charge in [0.1, 0.15) is 5.75 Å². The van der Waals surface area contributed by atoms with Crippen LogP contribution >= 0.6 is 0 Å². The summed E-state index contributed by atoms with van der Waals surface area (Å²) in [6, 6.07) is 4.93. The summed E-state index contributed by atoms with van der Waals surface area (Å²) in [4.78, 5) is 53.7. The second kappa shape index (κ2) is 7.44. The molecule has 9 nitrogen and oxygen atoms in total. The van der Waals surface area contributed by atoms with Crippen molar-refractivity contribution in [2.24, 2.45) is 0 Å². The van der Waals surface area contributed by atoms with E-state index in [1.807, 2.05) is 5.48 Å². The molecule has 0 aliphatic carbocycles. The van der Waals surface area contributed by atoms with Crippen LogP contribution in [0.3, 0.4) is 0 Å². The van der Waals surface area contributed by atoms with Crippen LogP contribution in [0.5, 0.6) is 5.75 Å². The molecule has 0 bridgehead atoms. The molecule has 1 aromatic carbocycles. The Hall–Kier alpha value is -3.10. The van der Waals surface area contributed by atoms with Crippen LogP contribution in [0.15, 0.2) is 24.3 Å². The van der Waals surface area contributed by atoms with E-state index in [-0.39, 0.29) is 25.3 Å². The van der Waals surface area contributed by atoms with Crippen LogP contribution in [-0.2, 0) is 25.6 Å². The third-order valence-corrected chi connectivity index (χ3v) is 3.47. The van der Waals surface area contributed by atoms with Gasteiger partial charge in [0.25, 0.3) is 0 Å². The van der Waals surface area contributed by atoms with Crippen LogP contribution in [-0.4, -0.2) is 58.4 Å². The zero-order valence-corrected chi connectivity index (χ0v) is 13.0. The molecule has 1 aliphatic heterocycles. The molecular formula is C15H17N3O6. The summed E-state index contributed by atoms with van der Waals surface area (Å²) < 4.78 is 0. The largest absolute Gasteiger partial charge is 0.508 e. The van der Waals surface area contributed by atoms with E-state index in [2.05, 4.69) is 4.84 Å². The zero-order chi connectivity index (χ0) is 17.7. The zero-order valence-electron chi connectivity index (χ0n) is 13.0. The maximum atomic E-state index is 11.9. The number of hydroxylamine groups is 1. The molecule has 9 heteroatoms. The van der Waals surface area contributed by atoms with E-state index in [4.69, 9.17) is 5.11 Å². The summed E-state index contributed by atoms with van der Waals surface area (Å²) in [5.41, 5.74) is 2.44. The Morgan fingerprint density at radius 1 is 1.17 bits per heavy atom. The number of nitrogens with zero attached hydrogens (tertiary/aromatic N) is 2. The molecule has 2 rings (SSSR count). The van der Waals surface area contributed by atoms with E-state index in [0.717, 1.165) is 0 Å². The van der Waals surface area contributed by atoms with E-state index in [0.29, 0.717) is 17.0 Å². The van der Waals surface area contributed by atoms with Gasteiger partial charge in [0.15, 0.2) is 0 Å². The molecule has 0 atom stereocenters. The molecule has 1 saturated heterocycles. The minimum atomic E-state index is -0.969. The van der Waals surface area contributed by atoms with Gasteiger partial charge in [-0.05, 0) is 24.6 Å². The molecule has 0 radical (unpaired) electrons. The van der Waals surface area contributed by atoms with Crippen LogP contribution in [0.2, 0.25) is 0 Å². The monoisotopic (exact) mass is 335 g/mol. The van der Waals surface area contributed by atoms with Gasteiger partial charge in [0.2, 0.25) is 0 Å². The van der Waals surface area contributed by atoms with Gasteiger partial charge in [-0.25, -0.2) is 9.59 Å². The summed E-state index contributed by atoms with van der Waals surface area (Å²) in [6.07, 6.45) is -0.128. The highest BCUT2D eigenvalue weighted by atomic mass is 16.7. The van der Waals surface area contributed by atoms with E-state index in [9.17, 15) is 19.2 Å². The van der Waals surface area contributed by atoms with Gasteiger partial charge in [0, 0.05) is 19.6 Å². The lowest BCUT2D eigenvalue weighted by molar-refractivity contribution is -0.155. The second-order valence-electron chi connectivity index (χ2n) is 5.07. The third kappa shape index (κ3) is 4.00. The molecule has 1 aromatic rings. The highest BCUT2D eigenvalue weighted by Gasteiger charge is 2.35. The second-order valence-corrected chi connectivity index (χ2v) is 5.07. The molecule has 24 heavy (non-hydrogen) atoms.